The van der Waals surface area contributed by atoms with E-state index in [0.717, 1.165) is 5.52 Å². The highest BCUT2D eigenvalue weighted by molar-refractivity contribution is 7.92. The number of ether oxygens (including phenoxy) is 1. The molecule has 0 bridgehead atoms. The highest BCUT2D eigenvalue weighted by Gasteiger charge is 2.20. The van der Waals surface area contributed by atoms with Gasteiger partial charge in [0.2, 0.25) is 20.0 Å². The molecule has 0 saturated carbocycles. The van der Waals surface area contributed by atoms with E-state index in [4.69, 9.17) is 4.74 Å². The highest BCUT2D eigenvalue weighted by Crippen LogP contribution is 2.23. The molecule has 0 aliphatic heterocycles. The maximum absolute atomic E-state index is 12.5. The zero-order valence-electron chi connectivity index (χ0n) is 15.1. The smallest absolute Gasteiger partial charge is 0.244 e. The van der Waals surface area contributed by atoms with Gasteiger partial charge < -0.3 is 4.74 Å². The number of aromatic nitrogens is 2. The number of rotatable bonds is 9. The maximum atomic E-state index is 12.5. The van der Waals surface area contributed by atoms with Crippen molar-refractivity contribution in [2.45, 2.75) is 11.8 Å². The van der Waals surface area contributed by atoms with E-state index < -0.39 is 25.8 Å². The first-order chi connectivity index (χ1) is 13.3. The monoisotopic (exact) mass is 424 g/mol. The van der Waals surface area contributed by atoms with Crippen LogP contribution in [0.5, 0.6) is 5.75 Å². The summed E-state index contributed by atoms with van der Waals surface area (Å²) in [7, 11) is -7.66. The fourth-order valence-electron chi connectivity index (χ4n) is 2.55. The molecule has 2 aromatic heterocycles. The average Bonchev–Trinajstić information content (AvgIpc) is 3.09. The molecule has 150 valence electrons. The van der Waals surface area contributed by atoms with Crippen LogP contribution in [0, 0.1) is 0 Å². The number of nitrogens with zero attached hydrogens (tertiary/aromatic N) is 2. The number of anilines is 1. The molecule has 0 aliphatic rings. The number of benzene rings is 1. The maximum Gasteiger partial charge on any atom is 0.244 e. The van der Waals surface area contributed by atoms with E-state index in [1.54, 1.807) is 60.2 Å². The molecule has 0 saturated heterocycles. The Labute approximate surface area is 163 Å². The van der Waals surface area contributed by atoms with Crippen molar-refractivity contribution in [1.82, 2.24) is 14.3 Å². The molecule has 0 spiro atoms. The van der Waals surface area contributed by atoms with Gasteiger partial charge in [-0.05, 0) is 37.3 Å². The predicted molar refractivity (Wildman–Crippen MR) is 105 cm³/mol. The van der Waals surface area contributed by atoms with E-state index in [1.807, 2.05) is 0 Å². The number of para-hydroxylation sites is 1. The minimum absolute atomic E-state index is 0.0339. The van der Waals surface area contributed by atoms with Crippen molar-refractivity contribution >= 4 is 31.3 Å². The molecule has 0 fully saturated rings. The zero-order chi connectivity index (χ0) is 20.2. The van der Waals surface area contributed by atoms with Gasteiger partial charge in [-0.25, -0.2) is 26.1 Å². The first-order valence-electron chi connectivity index (χ1n) is 8.46. The predicted octanol–water partition coefficient (Wildman–Crippen LogP) is 1.45. The minimum Gasteiger partial charge on any atom is -0.492 e. The molecule has 2 heterocycles. The molecule has 11 heteroatoms. The lowest BCUT2D eigenvalue weighted by Crippen LogP contribution is -2.31. The van der Waals surface area contributed by atoms with Crippen molar-refractivity contribution in [3.8, 4) is 5.75 Å². The van der Waals surface area contributed by atoms with E-state index in [0.29, 0.717) is 12.3 Å². The fourth-order valence-corrected chi connectivity index (χ4v) is 4.81. The summed E-state index contributed by atoms with van der Waals surface area (Å²) in [5.74, 6) is -0.208. The Morgan fingerprint density at radius 2 is 1.89 bits per heavy atom. The lowest BCUT2D eigenvalue weighted by atomic mass is 10.3. The van der Waals surface area contributed by atoms with Gasteiger partial charge in [-0.3, -0.25) is 4.72 Å². The number of sulfonamides is 2. The Morgan fingerprint density at radius 3 is 2.68 bits per heavy atom. The van der Waals surface area contributed by atoms with Gasteiger partial charge in [0.15, 0.2) is 0 Å². The summed E-state index contributed by atoms with van der Waals surface area (Å²) in [6.45, 7) is 1.77. The van der Waals surface area contributed by atoms with Crippen LogP contribution in [0.4, 0.5) is 5.69 Å². The summed E-state index contributed by atoms with van der Waals surface area (Å²) in [4.78, 5) is -0.0339. The van der Waals surface area contributed by atoms with Gasteiger partial charge >= 0.3 is 0 Å². The number of fused-ring (bicyclic) bond motifs is 1. The molecule has 9 nitrogen and oxygen atoms in total. The lowest BCUT2D eigenvalue weighted by Gasteiger charge is -2.12. The second-order valence-electron chi connectivity index (χ2n) is 5.81. The molecule has 0 radical (unpaired) electrons. The van der Waals surface area contributed by atoms with Gasteiger partial charge in [-0.1, -0.05) is 12.1 Å². The lowest BCUT2D eigenvalue weighted by molar-refractivity contribution is 0.331. The Hall–Kier alpha value is -2.63. The van der Waals surface area contributed by atoms with Crippen molar-refractivity contribution in [1.29, 1.82) is 0 Å². The average molecular weight is 425 g/mol. The SMILES string of the molecule is CCOc1ccccc1S(=O)(=O)NCCS(=O)(=O)Nc1ccn2nccc2c1. The van der Waals surface area contributed by atoms with Gasteiger partial charge in [0.05, 0.1) is 23.6 Å². The quantitative estimate of drug-likeness (QED) is 0.537. The van der Waals surface area contributed by atoms with Crippen LogP contribution < -0.4 is 14.2 Å². The number of pyridine rings is 1. The Morgan fingerprint density at radius 1 is 1.11 bits per heavy atom. The Bertz CT molecular complexity index is 1170. The number of hydrogen-bond donors (Lipinski definition) is 2. The van der Waals surface area contributed by atoms with Crippen LogP contribution in [-0.4, -0.2) is 45.4 Å². The number of hydrogen-bond acceptors (Lipinski definition) is 6. The molecule has 0 aliphatic carbocycles. The topological polar surface area (TPSA) is 119 Å². The van der Waals surface area contributed by atoms with Crippen LogP contribution in [0.2, 0.25) is 0 Å². The molecule has 28 heavy (non-hydrogen) atoms. The molecule has 3 aromatic rings. The largest absolute Gasteiger partial charge is 0.492 e. The van der Waals surface area contributed by atoms with Gasteiger partial charge in [0.1, 0.15) is 10.6 Å². The molecule has 0 amide bonds. The van der Waals surface area contributed by atoms with Crippen LogP contribution >= 0.6 is 0 Å². The second-order valence-corrected chi connectivity index (χ2v) is 9.39. The first-order valence-corrected chi connectivity index (χ1v) is 11.6. The van der Waals surface area contributed by atoms with Crippen LogP contribution in [0.1, 0.15) is 6.92 Å². The summed E-state index contributed by atoms with van der Waals surface area (Å²) in [5, 5.41) is 4.03. The highest BCUT2D eigenvalue weighted by atomic mass is 32.2. The Kier molecular flexibility index (Phi) is 5.87. The van der Waals surface area contributed by atoms with Crippen molar-refractivity contribution in [2.75, 3.05) is 23.6 Å². The van der Waals surface area contributed by atoms with E-state index in [1.165, 1.54) is 6.07 Å². The molecule has 0 unspecified atom stereocenters. The van der Waals surface area contributed by atoms with Gasteiger partial charge in [0.25, 0.3) is 0 Å². The van der Waals surface area contributed by atoms with E-state index in [9.17, 15) is 16.8 Å². The molecule has 0 atom stereocenters. The van der Waals surface area contributed by atoms with Crippen molar-refractivity contribution in [3.63, 3.8) is 0 Å². The summed E-state index contributed by atoms with van der Waals surface area (Å²) in [6.07, 6.45) is 3.23. The van der Waals surface area contributed by atoms with Gasteiger partial charge in [0, 0.05) is 18.9 Å². The third kappa shape index (κ3) is 4.80. The van der Waals surface area contributed by atoms with Crippen molar-refractivity contribution in [2.24, 2.45) is 0 Å². The number of nitrogens with one attached hydrogen (secondary N) is 2. The second kappa shape index (κ2) is 8.17. The standard InChI is InChI=1S/C17H20N4O5S2/c1-2-26-16-5-3-4-6-17(16)28(24,25)19-10-12-27(22,23)20-14-8-11-21-15(13-14)7-9-18-21/h3-9,11,13,19-20H,2,10,12H2,1H3. The van der Waals surface area contributed by atoms with Gasteiger partial charge in [-0.15, -0.1) is 0 Å². The van der Waals surface area contributed by atoms with Crippen molar-refractivity contribution < 1.29 is 21.6 Å². The van der Waals surface area contributed by atoms with Crippen molar-refractivity contribution in [3.05, 3.63) is 54.9 Å². The summed E-state index contributed by atoms with van der Waals surface area (Å²) in [5.41, 5.74) is 1.10. The third-order valence-corrected chi connectivity index (χ3v) is 6.56. The normalized spacial score (nSPS) is 12.2. The van der Waals surface area contributed by atoms with Crippen LogP contribution in [0.25, 0.3) is 5.52 Å². The third-order valence-electron chi connectivity index (χ3n) is 3.77. The van der Waals surface area contributed by atoms with E-state index >= 15 is 0 Å². The summed E-state index contributed by atoms with van der Waals surface area (Å²) in [6, 6.07) is 11.1. The molecule has 1 aromatic carbocycles. The van der Waals surface area contributed by atoms with Crippen LogP contribution in [0.3, 0.4) is 0 Å². The van der Waals surface area contributed by atoms with Crippen LogP contribution in [0.15, 0.2) is 59.8 Å². The molecule has 2 N–H and O–H groups in total. The van der Waals surface area contributed by atoms with Crippen LogP contribution in [-0.2, 0) is 20.0 Å². The minimum atomic E-state index is -3.91. The summed E-state index contributed by atoms with van der Waals surface area (Å²) < 4.78 is 61.1. The zero-order valence-corrected chi connectivity index (χ0v) is 16.7. The molecular weight excluding hydrogens is 404 g/mol. The summed E-state index contributed by atoms with van der Waals surface area (Å²) >= 11 is 0. The van der Waals surface area contributed by atoms with E-state index in [2.05, 4.69) is 14.5 Å². The molecule has 3 rings (SSSR count). The fraction of sp³-hybridized carbons (Fsp3) is 0.235. The van der Waals surface area contributed by atoms with E-state index in [-0.39, 0.29) is 17.2 Å². The molecular formula is C17H20N4O5S2. The van der Waals surface area contributed by atoms with Gasteiger partial charge in [-0.2, -0.15) is 5.10 Å². The Balaban J connectivity index is 1.64. The first kappa shape index (κ1) is 20.1.